The molecular weight excluding hydrogens is 468 g/mol. The Morgan fingerprint density at radius 3 is 2.69 bits per heavy atom. The molecule has 1 saturated carbocycles. The maximum absolute atomic E-state index is 13.6. The summed E-state index contributed by atoms with van der Waals surface area (Å²) in [7, 11) is 0. The number of carboxylic acid groups (broad SMARTS) is 1. The molecule has 9 heteroatoms. The van der Waals surface area contributed by atoms with Crippen LogP contribution in [0.2, 0.25) is 0 Å². The Labute approximate surface area is 208 Å². The predicted octanol–water partition coefficient (Wildman–Crippen LogP) is 4.03. The third kappa shape index (κ3) is 4.27. The number of esters is 3. The molecular formula is C27H30O9. The van der Waals surface area contributed by atoms with E-state index >= 15 is 0 Å². The first-order chi connectivity index (χ1) is 17.0. The average molecular weight is 499 g/mol. The minimum absolute atomic E-state index is 0.0137. The SMILES string of the molecule is CC(=O)O[C@@]12CCC(C(=O)OCc3ccco3)=CC[C@@]13CC[C@@H]2C(C)(/C=C/C=C(\C)C(=O)O)OC3=O. The van der Waals surface area contributed by atoms with Gasteiger partial charge in [-0.05, 0) is 64.2 Å². The number of ether oxygens (including phenoxy) is 3. The zero-order valence-electron chi connectivity index (χ0n) is 20.6. The van der Waals surface area contributed by atoms with Crippen molar-refractivity contribution in [3.63, 3.8) is 0 Å². The summed E-state index contributed by atoms with van der Waals surface area (Å²) in [5.41, 5.74) is -2.90. The number of hydrogen-bond acceptors (Lipinski definition) is 8. The first-order valence-corrected chi connectivity index (χ1v) is 11.9. The van der Waals surface area contributed by atoms with Crippen LogP contribution in [0, 0.1) is 11.3 Å². The van der Waals surface area contributed by atoms with Gasteiger partial charge in [0.2, 0.25) is 0 Å². The molecule has 1 saturated heterocycles. The number of carbonyl (C=O) groups is 4. The molecule has 4 atom stereocenters. The lowest BCUT2D eigenvalue weighted by atomic mass is 9.62. The van der Waals surface area contributed by atoms with Crippen LogP contribution in [-0.4, -0.2) is 40.2 Å². The Bertz CT molecular complexity index is 1160. The van der Waals surface area contributed by atoms with Crippen molar-refractivity contribution in [2.24, 2.45) is 11.3 Å². The Kier molecular flexibility index (Phi) is 6.68. The first-order valence-electron chi connectivity index (χ1n) is 11.9. The summed E-state index contributed by atoms with van der Waals surface area (Å²) in [5.74, 6) is -2.45. The third-order valence-electron chi connectivity index (χ3n) is 7.72. The van der Waals surface area contributed by atoms with Gasteiger partial charge in [0.1, 0.15) is 29.0 Å². The van der Waals surface area contributed by atoms with Gasteiger partial charge in [0.25, 0.3) is 0 Å². The number of rotatable bonds is 7. The predicted molar refractivity (Wildman–Crippen MR) is 125 cm³/mol. The molecule has 0 aromatic carbocycles. The van der Waals surface area contributed by atoms with Crippen LogP contribution in [0.3, 0.4) is 0 Å². The summed E-state index contributed by atoms with van der Waals surface area (Å²) in [6.07, 6.45) is 9.52. The average Bonchev–Trinajstić information content (AvgIpc) is 3.37. The Morgan fingerprint density at radius 2 is 2.03 bits per heavy atom. The number of furan rings is 1. The zero-order valence-corrected chi connectivity index (χ0v) is 20.6. The molecule has 9 nitrogen and oxygen atoms in total. The van der Waals surface area contributed by atoms with Gasteiger partial charge in [-0.25, -0.2) is 9.59 Å². The van der Waals surface area contributed by atoms with Crippen LogP contribution < -0.4 is 0 Å². The minimum Gasteiger partial charge on any atom is -0.478 e. The van der Waals surface area contributed by atoms with Crippen LogP contribution in [0.15, 0.2) is 58.3 Å². The van der Waals surface area contributed by atoms with Crippen molar-refractivity contribution in [2.45, 2.75) is 70.7 Å². The standard InChI is InChI=1S/C27H30O9/c1-17(22(29)30)6-4-11-25(3)21-10-13-26(24(32)36-25)12-8-19(9-14-27(21,26)35-18(2)28)23(31)34-16-20-7-5-15-33-20/h4-8,11,15,21H,9-10,12-14,16H2,1-3H3,(H,29,30)/b11-4+,17-6+/t21-,25?,26+,27-/m1/s1. The fourth-order valence-electron chi connectivity index (χ4n) is 5.94. The number of carbonyl (C=O) groups excluding carboxylic acids is 3. The highest BCUT2D eigenvalue weighted by Crippen LogP contribution is 2.65. The second-order valence-electron chi connectivity index (χ2n) is 9.83. The summed E-state index contributed by atoms with van der Waals surface area (Å²) < 4.78 is 22.6. The molecule has 1 aromatic heterocycles. The van der Waals surface area contributed by atoms with E-state index in [9.17, 15) is 19.2 Å². The molecule has 2 fully saturated rings. The molecule has 2 bridgehead atoms. The van der Waals surface area contributed by atoms with Gasteiger partial charge in [-0.1, -0.05) is 18.2 Å². The van der Waals surface area contributed by atoms with E-state index in [1.165, 1.54) is 26.2 Å². The number of allylic oxidation sites excluding steroid dienone is 3. The Morgan fingerprint density at radius 1 is 1.25 bits per heavy atom. The molecule has 1 N–H and O–H groups in total. The molecule has 2 aliphatic carbocycles. The van der Waals surface area contributed by atoms with Gasteiger partial charge >= 0.3 is 23.9 Å². The third-order valence-corrected chi connectivity index (χ3v) is 7.72. The maximum Gasteiger partial charge on any atom is 0.334 e. The van der Waals surface area contributed by atoms with Crippen molar-refractivity contribution >= 4 is 23.9 Å². The van der Waals surface area contributed by atoms with E-state index < -0.39 is 40.5 Å². The first kappa shape index (κ1) is 25.5. The van der Waals surface area contributed by atoms with Gasteiger partial charge in [-0.15, -0.1) is 0 Å². The molecule has 0 spiro atoms. The lowest BCUT2D eigenvalue weighted by Crippen LogP contribution is -2.65. The summed E-state index contributed by atoms with van der Waals surface area (Å²) in [5, 5.41) is 9.12. The smallest absolute Gasteiger partial charge is 0.334 e. The summed E-state index contributed by atoms with van der Waals surface area (Å²) in [4.78, 5) is 49.9. The highest BCUT2D eigenvalue weighted by Gasteiger charge is 2.74. The van der Waals surface area contributed by atoms with E-state index in [4.69, 9.17) is 23.7 Å². The number of aliphatic carboxylic acids is 1. The van der Waals surface area contributed by atoms with E-state index in [2.05, 4.69) is 0 Å². The highest BCUT2D eigenvalue weighted by atomic mass is 16.6. The van der Waals surface area contributed by atoms with Crippen LogP contribution in [0.1, 0.15) is 58.6 Å². The van der Waals surface area contributed by atoms with Crippen LogP contribution in [0.4, 0.5) is 0 Å². The monoisotopic (exact) mass is 498 g/mol. The van der Waals surface area contributed by atoms with Gasteiger partial charge in [0.15, 0.2) is 0 Å². The quantitative estimate of drug-likeness (QED) is 0.256. The van der Waals surface area contributed by atoms with E-state index in [0.29, 0.717) is 24.2 Å². The number of hydrogen-bond donors (Lipinski definition) is 1. The van der Waals surface area contributed by atoms with Crippen molar-refractivity contribution in [3.8, 4) is 0 Å². The van der Waals surface area contributed by atoms with Crippen molar-refractivity contribution < 1.29 is 42.9 Å². The van der Waals surface area contributed by atoms with Gasteiger partial charge in [-0.3, -0.25) is 9.59 Å². The molecule has 36 heavy (non-hydrogen) atoms. The van der Waals surface area contributed by atoms with Gasteiger partial charge in [0, 0.05) is 24.0 Å². The minimum atomic E-state index is -1.18. The fourth-order valence-corrected chi connectivity index (χ4v) is 5.94. The fraction of sp³-hybridized carbons (Fsp3) is 0.481. The maximum atomic E-state index is 13.6. The molecule has 4 rings (SSSR count). The number of carboxylic acids is 1. The molecule has 2 heterocycles. The van der Waals surface area contributed by atoms with Crippen LogP contribution in [0.5, 0.6) is 0 Å². The topological polar surface area (TPSA) is 129 Å². The highest BCUT2D eigenvalue weighted by molar-refractivity contribution is 5.90. The van der Waals surface area contributed by atoms with Crippen molar-refractivity contribution in [1.29, 1.82) is 0 Å². The summed E-state index contributed by atoms with van der Waals surface area (Å²) in [6.45, 7) is 4.50. The van der Waals surface area contributed by atoms with Crippen LogP contribution >= 0.6 is 0 Å². The summed E-state index contributed by atoms with van der Waals surface area (Å²) >= 11 is 0. The second kappa shape index (κ2) is 9.44. The molecule has 0 radical (unpaired) electrons. The molecule has 3 aliphatic rings. The zero-order chi connectivity index (χ0) is 26.1. The van der Waals surface area contributed by atoms with Crippen LogP contribution in [0.25, 0.3) is 0 Å². The lowest BCUT2D eigenvalue weighted by molar-refractivity contribution is -0.235. The van der Waals surface area contributed by atoms with E-state index in [-0.39, 0.29) is 37.4 Å². The van der Waals surface area contributed by atoms with Gasteiger partial charge in [-0.2, -0.15) is 0 Å². The van der Waals surface area contributed by atoms with Crippen molar-refractivity contribution in [2.75, 3.05) is 0 Å². The van der Waals surface area contributed by atoms with Gasteiger partial charge < -0.3 is 23.7 Å². The molecule has 1 aliphatic heterocycles. The Hall–Kier alpha value is -3.62. The van der Waals surface area contributed by atoms with E-state index in [1.807, 2.05) is 0 Å². The summed E-state index contributed by atoms with van der Waals surface area (Å²) in [6, 6.07) is 3.40. The van der Waals surface area contributed by atoms with Gasteiger partial charge in [0.05, 0.1) is 6.26 Å². The molecule has 0 amide bonds. The molecule has 1 unspecified atom stereocenters. The Balaban J connectivity index is 1.65. The molecule has 1 aromatic rings. The largest absolute Gasteiger partial charge is 0.478 e. The lowest BCUT2D eigenvalue weighted by Gasteiger charge is -2.54. The normalized spacial score (nSPS) is 31.8. The van der Waals surface area contributed by atoms with Crippen molar-refractivity contribution in [1.82, 2.24) is 0 Å². The van der Waals surface area contributed by atoms with E-state index in [1.54, 1.807) is 37.3 Å². The number of cyclic esters (lactones) is 1. The molecule has 192 valence electrons. The van der Waals surface area contributed by atoms with E-state index in [0.717, 1.165) is 0 Å². The second-order valence-corrected chi connectivity index (χ2v) is 9.83. The van der Waals surface area contributed by atoms with Crippen molar-refractivity contribution in [3.05, 3.63) is 59.6 Å². The van der Waals surface area contributed by atoms with Crippen LogP contribution in [-0.2, 0) is 40.0 Å².